The number of thioether (sulfide) groups is 1. The summed E-state index contributed by atoms with van der Waals surface area (Å²) < 4.78 is 0. The minimum atomic E-state index is -0.207. The van der Waals surface area contributed by atoms with Gasteiger partial charge in [-0.1, -0.05) is 24.3 Å². The summed E-state index contributed by atoms with van der Waals surface area (Å²) >= 11 is 1.39. The van der Waals surface area contributed by atoms with Crippen LogP contribution in [0.5, 0.6) is 0 Å². The van der Waals surface area contributed by atoms with Gasteiger partial charge < -0.3 is 10.6 Å². The summed E-state index contributed by atoms with van der Waals surface area (Å²) in [6, 6.07) is 11.6. The zero-order valence-corrected chi connectivity index (χ0v) is 14.0. The molecule has 0 saturated carbocycles. The maximum atomic E-state index is 12.3. The molecule has 2 heterocycles. The summed E-state index contributed by atoms with van der Waals surface area (Å²) in [7, 11) is 0. The van der Waals surface area contributed by atoms with E-state index < -0.39 is 0 Å². The molecule has 3 rings (SSSR count). The number of aromatic nitrogens is 1. The quantitative estimate of drug-likeness (QED) is 0.876. The third-order valence-corrected chi connectivity index (χ3v) is 5.15. The first-order valence-electron chi connectivity index (χ1n) is 7.88. The highest BCUT2D eigenvalue weighted by atomic mass is 32.2. The van der Waals surface area contributed by atoms with Crippen molar-refractivity contribution in [2.45, 2.75) is 24.6 Å². The normalized spacial score (nSPS) is 16.7. The lowest BCUT2D eigenvalue weighted by atomic mass is 10.1. The van der Waals surface area contributed by atoms with Crippen LogP contribution >= 0.6 is 11.8 Å². The lowest BCUT2D eigenvalue weighted by Gasteiger charge is -2.12. The molecular weight excluding hydrogens is 322 g/mol. The number of hydrogen-bond donors (Lipinski definition) is 2. The average Bonchev–Trinajstić information content (AvgIpc) is 2.77. The number of benzene rings is 1. The van der Waals surface area contributed by atoms with Gasteiger partial charge in [0.15, 0.2) is 0 Å². The molecule has 0 bridgehead atoms. The number of carbonyl (C=O) groups excluding carboxylic acids is 2. The number of amides is 2. The molecule has 1 aliphatic heterocycles. The van der Waals surface area contributed by atoms with Crippen LogP contribution in [0.3, 0.4) is 0 Å². The molecule has 2 N–H and O–H groups in total. The number of para-hydroxylation sites is 1. The van der Waals surface area contributed by atoms with Crippen molar-refractivity contribution >= 4 is 29.3 Å². The van der Waals surface area contributed by atoms with Gasteiger partial charge in [-0.2, -0.15) is 0 Å². The fraction of sp³-hybridized carbons (Fsp3) is 0.278. The third-order valence-electron chi connectivity index (χ3n) is 3.87. The van der Waals surface area contributed by atoms with E-state index in [4.69, 9.17) is 0 Å². The summed E-state index contributed by atoms with van der Waals surface area (Å²) in [5.41, 5.74) is 2.99. The number of anilines is 1. The van der Waals surface area contributed by atoms with E-state index in [9.17, 15) is 9.59 Å². The first-order valence-corrected chi connectivity index (χ1v) is 8.93. The van der Waals surface area contributed by atoms with Crippen molar-refractivity contribution in [2.24, 2.45) is 0 Å². The number of nitrogens with one attached hydrogen (secondary N) is 2. The number of fused-ring (bicyclic) bond motifs is 1. The molecule has 0 saturated heterocycles. The largest absolute Gasteiger partial charge is 0.351 e. The molecule has 24 heavy (non-hydrogen) atoms. The van der Waals surface area contributed by atoms with E-state index in [-0.39, 0.29) is 22.8 Å². The van der Waals surface area contributed by atoms with Crippen molar-refractivity contribution in [1.82, 2.24) is 10.3 Å². The number of nitrogens with zero attached hydrogens (tertiary/aromatic N) is 1. The lowest BCUT2D eigenvalue weighted by molar-refractivity contribution is -0.118. The summed E-state index contributed by atoms with van der Waals surface area (Å²) in [4.78, 5) is 28.3. The Hall–Kier alpha value is -2.34. The van der Waals surface area contributed by atoms with Gasteiger partial charge in [-0.15, -0.1) is 11.8 Å². The number of rotatable bonds is 5. The van der Waals surface area contributed by atoms with E-state index in [0.717, 1.165) is 29.7 Å². The Morgan fingerprint density at radius 2 is 2.17 bits per heavy atom. The fourth-order valence-corrected chi connectivity index (χ4v) is 3.53. The molecule has 6 heteroatoms. The summed E-state index contributed by atoms with van der Waals surface area (Å²) in [6.45, 7) is 0.454. The monoisotopic (exact) mass is 341 g/mol. The Balaban J connectivity index is 1.48. The molecule has 2 aromatic rings. The van der Waals surface area contributed by atoms with Gasteiger partial charge in [0.2, 0.25) is 11.8 Å². The molecule has 2 amide bonds. The van der Waals surface area contributed by atoms with Gasteiger partial charge in [-0.05, 0) is 36.1 Å². The number of carbonyl (C=O) groups is 2. The van der Waals surface area contributed by atoms with Crippen LogP contribution in [0.15, 0.2) is 48.8 Å². The maximum Gasteiger partial charge on any atom is 0.237 e. The summed E-state index contributed by atoms with van der Waals surface area (Å²) in [5.74, 6) is 0.178. The minimum Gasteiger partial charge on any atom is -0.351 e. The molecular formula is C18H19N3O2S. The second-order valence-corrected chi connectivity index (χ2v) is 6.81. The molecule has 1 aromatic heterocycles. The molecule has 0 radical (unpaired) electrons. The van der Waals surface area contributed by atoms with Crippen molar-refractivity contribution in [3.05, 3.63) is 59.9 Å². The Morgan fingerprint density at radius 1 is 1.29 bits per heavy atom. The Bertz CT molecular complexity index is 721. The van der Waals surface area contributed by atoms with E-state index in [1.807, 2.05) is 36.4 Å². The van der Waals surface area contributed by atoms with E-state index >= 15 is 0 Å². The van der Waals surface area contributed by atoms with Crippen LogP contribution in [-0.2, 0) is 22.6 Å². The van der Waals surface area contributed by atoms with Crippen LogP contribution in [0.4, 0.5) is 5.69 Å². The Labute approximate surface area is 145 Å². The van der Waals surface area contributed by atoms with Crippen LogP contribution in [0, 0.1) is 0 Å². The zero-order valence-electron chi connectivity index (χ0n) is 13.2. The molecule has 1 aromatic carbocycles. The number of aryl methyl sites for hydroxylation is 1. The van der Waals surface area contributed by atoms with E-state index in [0.29, 0.717) is 6.54 Å². The van der Waals surface area contributed by atoms with Gasteiger partial charge in [0.05, 0.1) is 11.0 Å². The van der Waals surface area contributed by atoms with E-state index in [1.165, 1.54) is 11.8 Å². The predicted molar refractivity (Wildman–Crippen MR) is 95.7 cm³/mol. The van der Waals surface area contributed by atoms with Gasteiger partial charge in [0.25, 0.3) is 0 Å². The predicted octanol–water partition coefficient (Wildman–Crippen LogP) is 2.38. The van der Waals surface area contributed by atoms with Crippen molar-refractivity contribution < 1.29 is 9.59 Å². The average molecular weight is 341 g/mol. The first kappa shape index (κ1) is 16.5. The second-order valence-electron chi connectivity index (χ2n) is 5.62. The van der Waals surface area contributed by atoms with Crippen molar-refractivity contribution in [2.75, 3.05) is 11.1 Å². The molecule has 0 aliphatic carbocycles. The third kappa shape index (κ3) is 4.35. The van der Waals surface area contributed by atoms with Gasteiger partial charge in [0.1, 0.15) is 0 Å². The zero-order chi connectivity index (χ0) is 16.8. The molecule has 1 atom stereocenters. The van der Waals surface area contributed by atoms with Gasteiger partial charge in [0, 0.05) is 24.6 Å². The van der Waals surface area contributed by atoms with Crippen LogP contribution < -0.4 is 10.6 Å². The van der Waals surface area contributed by atoms with Crippen molar-refractivity contribution in [3.8, 4) is 0 Å². The van der Waals surface area contributed by atoms with Crippen LogP contribution in [0.1, 0.15) is 17.5 Å². The van der Waals surface area contributed by atoms with Gasteiger partial charge in [-0.3, -0.25) is 14.6 Å². The molecule has 1 aliphatic rings. The van der Waals surface area contributed by atoms with Crippen LogP contribution in [-0.4, -0.2) is 27.8 Å². The highest BCUT2D eigenvalue weighted by molar-refractivity contribution is 8.01. The standard InChI is InChI=1S/C18H19N3O2S/c22-17(20-11-13-4-3-9-19-10-13)12-24-16-8-7-14-5-1-2-6-15(14)21-18(16)23/h1-6,9-10,16H,7-8,11-12H2,(H,20,22)(H,21,23)/t16-/m1/s1. The lowest BCUT2D eigenvalue weighted by Crippen LogP contribution is -2.29. The van der Waals surface area contributed by atoms with Gasteiger partial charge in [-0.25, -0.2) is 0 Å². The topological polar surface area (TPSA) is 71.1 Å². The molecule has 0 spiro atoms. The van der Waals surface area contributed by atoms with Crippen LogP contribution in [0.25, 0.3) is 0 Å². The van der Waals surface area contributed by atoms with E-state index in [2.05, 4.69) is 15.6 Å². The van der Waals surface area contributed by atoms with Crippen molar-refractivity contribution in [3.63, 3.8) is 0 Å². The van der Waals surface area contributed by atoms with Crippen molar-refractivity contribution in [1.29, 1.82) is 0 Å². The van der Waals surface area contributed by atoms with Gasteiger partial charge >= 0.3 is 0 Å². The molecule has 0 fully saturated rings. The SMILES string of the molecule is O=C(CS[C@@H]1CCc2ccccc2NC1=O)NCc1cccnc1. The molecule has 0 unspecified atom stereocenters. The highest BCUT2D eigenvalue weighted by Gasteiger charge is 2.24. The fourth-order valence-electron chi connectivity index (χ4n) is 2.58. The smallest absolute Gasteiger partial charge is 0.237 e. The maximum absolute atomic E-state index is 12.3. The second kappa shape index (κ2) is 7.97. The minimum absolute atomic E-state index is 0.0231. The molecule has 5 nitrogen and oxygen atoms in total. The Kier molecular flexibility index (Phi) is 5.48. The number of hydrogen-bond acceptors (Lipinski definition) is 4. The summed E-state index contributed by atoms with van der Waals surface area (Å²) in [5, 5.41) is 5.60. The highest BCUT2D eigenvalue weighted by Crippen LogP contribution is 2.26. The molecule has 124 valence electrons. The van der Waals surface area contributed by atoms with Crippen LogP contribution in [0.2, 0.25) is 0 Å². The Morgan fingerprint density at radius 3 is 3.00 bits per heavy atom. The van der Waals surface area contributed by atoms with E-state index in [1.54, 1.807) is 12.4 Å². The summed E-state index contributed by atoms with van der Waals surface area (Å²) in [6.07, 6.45) is 5.00. The number of pyridine rings is 1. The first-order chi connectivity index (χ1) is 11.7.